The highest BCUT2D eigenvalue weighted by Crippen LogP contribution is 2.33. The highest BCUT2D eigenvalue weighted by Gasteiger charge is 2.28. The Bertz CT molecular complexity index is 827. The van der Waals surface area contributed by atoms with Crippen molar-refractivity contribution in [3.05, 3.63) is 83.2 Å². The molecular formula is C22H24N2O2. The number of hydrogen-bond donors (Lipinski definition) is 0. The monoisotopic (exact) mass is 348 g/mol. The van der Waals surface area contributed by atoms with Gasteiger partial charge >= 0.3 is 0 Å². The molecule has 0 radical (unpaired) electrons. The van der Waals surface area contributed by atoms with Crippen LogP contribution in [0.5, 0.6) is 5.75 Å². The molecule has 1 aliphatic heterocycles. The average Bonchev–Trinajstić information content (AvgIpc) is 3.31. The lowest BCUT2D eigenvalue weighted by atomic mass is 10.1. The lowest BCUT2D eigenvalue weighted by Gasteiger charge is -2.22. The Hall–Kier alpha value is -2.59. The van der Waals surface area contributed by atoms with Crippen LogP contribution in [0.4, 0.5) is 0 Å². The van der Waals surface area contributed by atoms with E-state index in [0.717, 1.165) is 36.7 Å². The van der Waals surface area contributed by atoms with Gasteiger partial charge in [0.1, 0.15) is 23.8 Å². The maximum atomic E-state index is 5.87. The summed E-state index contributed by atoms with van der Waals surface area (Å²) in [6, 6.07) is 21.1. The van der Waals surface area contributed by atoms with Crippen LogP contribution in [-0.2, 0) is 13.2 Å². The summed E-state index contributed by atoms with van der Waals surface area (Å²) < 4.78 is 11.1. The van der Waals surface area contributed by atoms with E-state index in [1.165, 1.54) is 17.5 Å². The van der Waals surface area contributed by atoms with Crippen LogP contribution < -0.4 is 4.74 Å². The number of benzene rings is 2. The van der Waals surface area contributed by atoms with Crippen molar-refractivity contribution in [2.45, 2.75) is 39.0 Å². The lowest BCUT2D eigenvalue weighted by Crippen LogP contribution is -2.22. The van der Waals surface area contributed by atoms with Gasteiger partial charge in [0.05, 0.1) is 6.04 Å². The zero-order chi connectivity index (χ0) is 17.8. The number of aryl methyl sites for hydroxylation is 1. The van der Waals surface area contributed by atoms with E-state index in [4.69, 9.17) is 9.26 Å². The third kappa shape index (κ3) is 3.97. The van der Waals surface area contributed by atoms with Crippen LogP contribution >= 0.6 is 0 Å². The molecule has 3 aromatic rings. The molecule has 4 rings (SSSR count). The SMILES string of the molecule is Cc1cc(C2CCCN2Cc2ccc(OCc3ccccc3)cc2)no1. The second-order valence-corrected chi connectivity index (χ2v) is 6.91. The highest BCUT2D eigenvalue weighted by molar-refractivity contribution is 5.28. The molecule has 2 aromatic carbocycles. The maximum Gasteiger partial charge on any atom is 0.133 e. The molecule has 0 spiro atoms. The van der Waals surface area contributed by atoms with Gasteiger partial charge in [-0.15, -0.1) is 0 Å². The molecule has 0 N–H and O–H groups in total. The predicted molar refractivity (Wildman–Crippen MR) is 101 cm³/mol. The van der Waals surface area contributed by atoms with Gasteiger partial charge in [0.15, 0.2) is 0 Å². The fraction of sp³-hybridized carbons (Fsp3) is 0.318. The molecule has 1 unspecified atom stereocenters. The number of likely N-dealkylation sites (tertiary alicyclic amines) is 1. The molecule has 4 nitrogen and oxygen atoms in total. The normalized spacial score (nSPS) is 17.5. The predicted octanol–water partition coefficient (Wildman–Crippen LogP) is 4.90. The third-order valence-electron chi connectivity index (χ3n) is 4.91. The molecule has 0 amide bonds. The molecule has 1 fully saturated rings. The summed E-state index contributed by atoms with van der Waals surface area (Å²) in [6.07, 6.45) is 2.35. The summed E-state index contributed by atoms with van der Waals surface area (Å²) >= 11 is 0. The third-order valence-corrected chi connectivity index (χ3v) is 4.91. The Labute approximate surface area is 154 Å². The van der Waals surface area contributed by atoms with Crippen molar-refractivity contribution >= 4 is 0 Å². The summed E-state index contributed by atoms with van der Waals surface area (Å²) in [5.74, 6) is 1.79. The molecule has 2 heterocycles. The molecule has 134 valence electrons. The largest absolute Gasteiger partial charge is 0.489 e. The molecule has 1 atom stereocenters. The van der Waals surface area contributed by atoms with Crippen LogP contribution in [0.3, 0.4) is 0 Å². The summed E-state index contributed by atoms with van der Waals surface area (Å²) in [5, 5.41) is 4.22. The summed E-state index contributed by atoms with van der Waals surface area (Å²) in [4.78, 5) is 2.48. The summed E-state index contributed by atoms with van der Waals surface area (Å²) in [5.41, 5.74) is 3.53. The van der Waals surface area contributed by atoms with E-state index in [0.29, 0.717) is 12.6 Å². The van der Waals surface area contributed by atoms with E-state index in [-0.39, 0.29) is 0 Å². The van der Waals surface area contributed by atoms with Gasteiger partial charge in [-0.1, -0.05) is 47.6 Å². The number of ether oxygens (including phenoxy) is 1. The van der Waals surface area contributed by atoms with Gasteiger partial charge in [0, 0.05) is 12.6 Å². The Morgan fingerprint density at radius 2 is 1.88 bits per heavy atom. The summed E-state index contributed by atoms with van der Waals surface area (Å²) in [7, 11) is 0. The van der Waals surface area contributed by atoms with Crippen molar-refractivity contribution in [1.82, 2.24) is 10.1 Å². The lowest BCUT2D eigenvalue weighted by molar-refractivity contribution is 0.236. The van der Waals surface area contributed by atoms with Crippen LogP contribution in [0.2, 0.25) is 0 Å². The van der Waals surface area contributed by atoms with Gasteiger partial charge in [-0.25, -0.2) is 0 Å². The van der Waals surface area contributed by atoms with Crippen molar-refractivity contribution in [2.75, 3.05) is 6.54 Å². The Kier molecular flexibility index (Phi) is 5.02. The molecule has 26 heavy (non-hydrogen) atoms. The van der Waals surface area contributed by atoms with Gasteiger partial charge < -0.3 is 9.26 Å². The number of nitrogens with zero attached hydrogens (tertiary/aromatic N) is 2. The number of rotatable bonds is 6. The van der Waals surface area contributed by atoms with E-state index in [1.807, 2.05) is 25.1 Å². The molecule has 0 aliphatic carbocycles. The van der Waals surface area contributed by atoms with Gasteiger partial charge in [-0.2, -0.15) is 0 Å². The highest BCUT2D eigenvalue weighted by atomic mass is 16.5. The smallest absolute Gasteiger partial charge is 0.133 e. The number of aromatic nitrogens is 1. The fourth-order valence-corrected chi connectivity index (χ4v) is 3.56. The first-order valence-corrected chi connectivity index (χ1v) is 9.21. The van der Waals surface area contributed by atoms with Gasteiger partial charge in [0.2, 0.25) is 0 Å². The average molecular weight is 348 g/mol. The van der Waals surface area contributed by atoms with Gasteiger partial charge in [-0.05, 0) is 49.6 Å². The van der Waals surface area contributed by atoms with Crippen LogP contribution in [0, 0.1) is 6.92 Å². The quantitative estimate of drug-likeness (QED) is 0.635. The van der Waals surface area contributed by atoms with E-state index >= 15 is 0 Å². The Morgan fingerprint density at radius 3 is 2.62 bits per heavy atom. The zero-order valence-corrected chi connectivity index (χ0v) is 15.1. The van der Waals surface area contributed by atoms with Crippen LogP contribution in [0.25, 0.3) is 0 Å². The maximum absolute atomic E-state index is 5.87. The van der Waals surface area contributed by atoms with Crippen molar-refractivity contribution in [3.8, 4) is 5.75 Å². The standard InChI is InChI=1S/C22H24N2O2/c1-17-14-21(23-26-17)22-8-5-13-24(22)15-18-9-11-20(12-10-18)25-16-19-6-3-2-4-7-19/h2-4,6-7,9-12,14,22H,5,8,13,15-16H2,1H3. The topological polar surface area (TPSA) is 38.5 Å². The van der Waals surface area contributed by atoms with E-state index in [9.17, 15) is 0 Å². The Morgan fingerprint density at radius 1 is 1.08 bits per heavy atom. The van der Waals surface area contributed by atoms with Gasteiger partial charge in [0.25, 0.3) is 0 Å². The fourth-order valence-electron chi connectivity index (χ4n) is 3.56. The molecule has 1 aromatic heterocycles. The van der Waals surface area contributed by atoms with Crippen LogP contribution in [0.15, 0.2) is 65.2 Å². The number of hydrogen-bond acceptors (Lipinski definition) is 4. The molecule has 0 saturated carbocycles. The molecule has 1 aliphatic rings. The minimum Gasteiger partial charge on any atom is -0.489 e. The zero-order valence-electron chi connectivity index (χ0n) is 15.1. The first-order chi connectivity index (χ1) is 12.8. The van der Waals surface area contributed by atoms with Crippen LogP contribution in [-0.4, -0.2) is 16.6 Å². The Balaban J connectivity index is 1.36. The van der Waals surface area contributed by atoms with E-state index in [1.54, 1.807) is 0 Å². The van der Waals surface area contributed by atoms with Crippen molar-refractivity contribution in [2.24, 2.45) is 0 Å². The first kappa shape index (κ1) is 16.9. The molecular weight excluding hydrogens is 324 g/mol. The van der Waals surface area contributed by atoms with E-state index < -0.39 is 0 Å². The van der Waals surface area contributed by atoms with Crippen molar-refractivity contribution < 1.29 is 9.26 Å². The van der Waals surface area contributed by atoms with Crippen molar-refractivity contribution in [1.29, 1.82) is 0 Å². The first-order valence-electron chi connectivity index (χ1n) is 9.21. The summed E-state index contributed by atoms with van der Waals surface area (Å²) in [6.45, 7) is 4.57. The molecule has 0 bridgehead atoms. The molecule has 1 saturated heterocycles. The molecule has 4 heteroatoms. The second kappa shape index (κ2) is 7.75. The second-order valence-electron chi connectivity index (χ2n) is 6.91. The minimum absolute atomic E-state index is 0.362. The van der Waals surface area contributed by atoms with E-state index in [2.05, 4.69) is 52.5 Å². The minimum atomic E-state index is 0.362. The van der Waals surface area contributed by atoms with Crippen molar-refractivity contribution in [3.63, 3.8) is 0 Å². The van der Waals surface area contributed by atoms with Gasteiger partial charge in [-0.3, -0.25) is 4.90 Å². The van der Waals surface area contributed by atoms with Crippen LogP contribution in [0.1, 0.15) is 41.5 Å².